The molecule has 0 aliphatic carbocycles. The highest BCUT2D eigenvalue weighted by molar-refractivity contribution is 6.31. The molecule has 11 heteroatoms. The number of benzene rings is 2. The molecule has 0 radical (unpaired) electrons. The summed E-state index contributed by atoms with van der Waals surface area (Å²) in [5, 5.41) is 4.71. The number of hydrogen-bond donors (Lipinski definition) is 0. The van der Waals surface area contributed by atoms with Crippen LogP contribution in [0.25, 0.3) is 5.69 Å². The van der Waals surface area contributed by atoms with E-state index in [2.05, 4.69) is 19.6 Å². The molecule has 0 spiro atoms. The Morgan fingerprint density at radius 1 is 1.20 bits per heavy atom. The number of carbonyl (C=O) groups excluding carboxylic acids is 1. The first kappa shape index (κ1) is 21.4. The molecule has 30 heavy (non-hydrogen) atoms. The summed E-state index contributed by atoms with van der Waals surface area (Å²) in [7, 11) is 3.04. The predicted octanol–water partition coefficient (Wildman–Crippen LogP) is 4.24. The summed E-state index contributed by atoms with van der Waals surface area (Å²) in [6.07, 6.45) is -3.31. The van der Waals surface area contributed by atoms with Crippen LogP contribution in [-0.4, -0.2) is 41.3 Å². The van der Waals surface area contributed by atoms with E-state index in [9.17, 15) is 18.0 Å². The van der Waals surface area contributed by atoms with Gasteiger partial charge in [-0.1, -0.05) is 17.7 Å². The van der Waals surface area contributed by atoms with Gasteiger partial charge in [-0.15, -0.1) is 18.3 Å². The van der Waals surface area contributed by atoms with Crippen LogP contribution in [0.5, 0.6) is 5.75 Å². The number of alkyl halides is 3. The largest absolute Gasteiger partial charge is 0.573 e. The minimum Gasteiger partial charge on any atom is -0.465 e. The molecule has 0 aliphatic heterocycles. The fourth-order valence-corrected chi connectivity index (χ4v) is 2.84. The summed E-state index contributed by atoms with van der Waals surface area (Å²) < 4.78 is 46.7. The van der Waals surface area contributed by atoms with Gasteiger partial charge in [0.25, 0.3) is 0 Å². The molecule has 0 amide bonds. The molecule has 0 aliphatic rings. The van der Waals surface area contributed by atoms with Gasteiger partial charge >= 0.3 is 12.3 Å². The van der Waals surface area contributed by atoms with Crippen LogP contribution in [0.4, 0.5) is 19.1 Å². The van der Waals surface area contributed by atoms with Crippen LogP contribution in [0.1, 0.15) is 15.9 Å². The molecule has 0 unspecified atom stereocenters. The third-order valence-electron chi connectivity index (χ3n) is 4.04. The van der Waals surface area contributed by atoms with E-state index in [0.717, 1.165) is 5.56 Å². The van der Waals surface area contributed by atoms with Crippen LogP contribution in [0.15, 0.2) is 48.8 Å². The van der Waals surface area contributed by atoms with Gasteiger partial charge < -0.3 is 14.4 Å². The van der Waals surface area contributed by atoms with Crippen LogP contribution in [0.2, 0.25) is 5.02 Å². The van der Waals surface area contributed by atoms with Crippen molar-refractivity contribution in [2.24, 2.45) is 0 Å². The summed E-state index contributed by atoms with van der Waals surface area (Å²) in [5.74, 6) is -0.434. The number of methoxy groups -OCH3 is 1. The first-order chi connectivity index (χ1) is 14.2. The summed E-state index contributed by atoms with van der Waals surface area (Å²) >= 11 is 6.25. The summed E-state index contributed by atoms with van der Waals surface area (Å²) in [4.78, 5) is 17.5. The van der Waals surface area contributed by atoms with Gasteiger partial charge in [0.15, 0.2) is 0 Å². The van der Waals surface area contributed by atoms with Crippen LogP contribution in [0.3, 0.4) is 0 Å². The maximum absolute atomic E-state index is 12.3. The minimum atomic E-state index is -4.75. The van der Waals surface area contributed by atoms with E-state index in [4.69, 9.17) is 11.6 Å². The second-order valence-corrected chi connectivity index (χ2v) is 6.59. The molecule has 1 heterocycles. The molecule has 1 aromatic heterocycles. The van der Waals surface area contributed by atoms with Crippen molar-refractivity contribution >= 4 is 23.5 Å². The molecule has 3 rings (SSSR count). The number of ether oxygens (including phenoxy) is 2. The standard InChI is InChI=1S/C19H16ClF3N4O3/c1-26(10-13-4-3-12(9-16(13)20)17(28)29-2)18-24-11-27(25-18)14-5-7-15(8-6-14)30-19(21,22)23/h3-9,11H,10H2,1-2H3. The van der Waals surface area contributed by atoms with Crippen molar-refractivity contribution < 1.29 is 27.4 Å². The number of hydrogen-bond acceptors (Lipinski definition) is 6. The Hall–Kier alpha value is -3.27. The molecule has 2 aromatic carbocycles. The molecule has 7 nitrogen and oxygen atoms in total. The minimum absolute atomic E-state index is 0.325. The van der Waals surface area contributed by atoms with Crippen LogP contribution in [0, 0.1) is 0 Å². The lowest BCUT2D eigenvalue weighted by atomic mass is 10.1. The van der Waals surface area contributed by atoms with Gasteiger partial charge in [-0.25, -0.2) is 9.48 Å². The fraction of sp³-hybridized carbons (Fsp3) is 0.211. The molecule has 0 fully saturated rings. The van der Waals surface area contributed by atoms with Crippen molar-refractivity contribution in [2.45, 2.75) is 12.9 Å². The lowest BCUT2D eigenvalue weighted by Crippen LogP contribution is -2.18. The third-order valence-corrected chi connectivity index (χ3v) is 4.39. The zero-order chi connectivity index (χ0) is 21.9. The Morgan fingerprint density at radius 2 is 1.90 bits per heavy atom. The smallest absolute Gasteiger partial charge is 0.465 e. The number of aromatic nitrogens is 3. The Balaban J connectivity index is 1.71. The lowest BCUT2D eigenvalue weighted by Gasteiger charge is -2.16. The van der Waals surface area contributed by atoms with Crippen LogP contribution in [-0.2, 0) is 11.3 Å². The first-order valence-corrected chi connectivity index (χ1v) is 8.90. The Labute approximate surface area is 174 Å². The van der Waals surface area contributed by atoms with Crippen molar-refractivity contribution in [3.8, 4) is 11.4 Å². The van der Waals surface area contributed by atoms with Gasteiger partial charge in [-0.3, -0.25) is 0 Å². The third kappa shape index (κ3) is 5.20. The number of carbonyl (C=O) groups is 1. The lowest BCUT2D eigenvalue weighted by molar-refractivity contribution is -0.274. The average Bonchev–Trinajstić information content (AvgIpc) is 3.18. The highest BCUT2D eigenvalue weighted by Gasteiger charge is 2.31. The van der Waals surface area contributed by atoms with Gasteiger partial charge in [0.05, 0.1) is 18.4 Å². The van der Waals surface area contributed by atoms with E-state index in [0.29, 0.717) is 28.8 Å². The Bertz CT molecular complexity index is 1040. The van der Waals surface area contributed by atoms with Gasteiger partial charge in [0, 0.05) is 18.6 Å². The Morgan fingerprint density at radius 3 is 2.50 bits per heavy atom. The number of esters is 1. The molecular formula is C19H16ClF3N4O3. The molecule has 0 saturated carbocycles. The number of nitrogens with zero attached hydrogens (tertiary/aromatic N) is 4. The van der Waals surface area contributed by atoms with Gasteiger partial charge in [0.1, 0.15) is 12.1 Å². The van der Waals surface area contributed by atoms with Crippen molar-refractivity contribution in [1.29, 1.82) is 0 Å². The molecule has 0 bridgehead atoms. The molecule has 0 atom stereocenters. The quantitative estimate of drug-likeness (QED) is 0.534. The van der Waals surface area contributed by atoms with E-state index in [-0.39, 0.29) is 5.75 Å². The summed E-state index contributed by atoms with van der Waals surface area (Å²) in [5.41, 5.74) is 1.60. The number of halogens is 4. The summed E-state index contributed by atoms with van der Waals surface area (Å²) in [6, 6.07) is 10.1. The first-order valence-electron chi connectivity index (χ1n) is 8.52. The van der Waals surface area contributed by atoms with Crippen LogP contribution < -0.4 is 9.64 Å². The maximum Gasteiger partial charge on any atom is 0.573 e. The monoisotopic (exact) mass is 440 g/mol. The van der Waals surface area contributed by atoms with Crippen LogP contribution >= 0.6 is 11.6 Å². The average molecular weight is 441 g/mol. The van der Waals surface area contributed by atoms with Crippen molar-refractivity contribution in [2.75, 3.05) is 19.1 Å². The molecule has 0 saturated heterocycles. The highest BCUT2D eigenvalue weighted by atomic mass is 35.5. The second kappa shape index (κ2) is 8.62. The molecule has 158 valence electrons. The summed E-state index contributed by atoms with van der Waals surface area (Å²) in [6.45, 7) is 0.364. The van der Waals surface area contributed by atoms with Crippen molar-refractivity contribution in [3.63, 3.8) is 0 Å². The zero-order valence-corrected chi connectivity index (χ0v) is 16.6. The Kier molecular flexibility index (Phi) is 6.16. The van der Waals surface area contributed by atoms with Gasteiger partial charge in [-0.2, -0.15) is 4.98 Å². The second-order valence-electron chi connectivity index (χ2n) is 6.18. The fourth-order valence-electron chi connectivity index (χ4n) is 2.60. The SMILES string of the molecule is COC(=O)c1ccc(CN(C)c2ncn(-c3ccc(OC(F)(F)F)cc3)n2)c(Cl)c1. The maximum atomic E-state index is 12.3. The van der Waals surface area contributed by atoms with E-state index >= 15 is 0 Å². The van der Waals surface area contributed by atoms with Crippen molar-refractivity contribution in [3.05, 3.63) is 64.9 Å². The normalized spacial score (nSPS) is 11.3. The van der Waals surface area contributed by atoms with E-state index in [1.54, 1.807) is 24.1 Å². The van der Waals surface area contributed by atoms with E-state index in [1.165, 1.54) is 48.5 Å². The van der Waals surface area contributed by atoms with E-state index in [1.807, 2.05) is 0 Å². The topological polar surface area (TPSA) is 69.5 Å². The van der Waals surface area contributed by atoms with Gasteiger partial charge in [-0.05, 0) is 42.0 Å². The van der Waals surface area contributed by atoms with Gasteiger partial charge in [0.2, 0.25) is 5.95 Å². The zero-order valence-electron chi connectivity index (χ0n) is 15.9. The predicted molar refractivity (Wildman–Crippen MR) is 103 cm³/mol. The number of rotatable bonds is 6. The molecule has 3 aromatic rings. The van der Waals surface area contributed by atoms with E-state index < -0.39 is 12.3 Å². The highest BCUT2D eigenvalue weighted by Crippen LogP contribution is 2.24. The number of anilines is 1. The van der Waals surface area contributed by atoms with Crippen molar-refractivity contribution in [1.82, 2.24) is 14.8 Å². The molecule has 0 N–H and O–H groups in total. The molecular weight excluding hydrogens is 425 g/mol.